The third kappa shape index (κ3) is 8.23. The molecule has 0 aromatic heterocycles. The van der Waals surface area contributed by atoms with Crippen molar-refractivity contribution in [3.05, 3.63) is 117 Å². The SMILES string of the molecule is CCCOc1c2cccc1Cc1cccc(c1OCCCN)Cc1cccc(c1OCCC)Cc1cccc(c1OCCCN)C2. The van der Waals surface area contributed by atoms with Crippen molar-refractivity contribution >= 4 is 0 Å². The number of fused-ring (bicyclic) bond motifs is 8. The highest BCUT2D eigenvalue weighted by Gasteiger charge is 2.21. The minimum absolute atomic E-state index is 0.570. The Bertz CT molecular complexity index is 1370. The molecule has 8 bridgehead atoms. The number of nitrogens with two attached hydrogens (primary N) is 2. The third-order valence-electron chi connectivity index (χ3n) is 8.33. The molecule has 0 saturated carbocycles. The van der Waals surface area contributed by atoms with E-state index in [-0.39, 0.29) is 0 Å². The zero-order valence-corrected chi connectivity index (χ0v) is 27.6. The Morgan fingerprint density at radius 2 is 0.652 bits per heavy atom. The minimum atomic E-state index is 0.570. The van der Waals surface area contributed by atoms with Gasteiger partial charge in [-0.1, -0.05) is 86.6 Å². The highest BCUT2D eigenvalue weighted by atomic mass is 16.5. The second-order valence-corrected chi connectivity index (χ2v) is 12.0. The molecule has 0 radical (unpaired) electrons. The van der Waals surface area contributed by atoms with Crippen LogP contribution in [0.5, 0.6) is 23.0 Å². The summed E-state index contributed by atoms with van der Waals surface area (Å²) < 4.78 is 26.2. The fraction of sp³-hybridized carbons (Fsp3) is 0.400. The van der Waals surface area contributed by atoms with E-state index in [0.717, 1.165) is 93.2 Å². The molecule has 4 N–H and O–H groups in total. The lowest BCUT2D eigenvalue weighted by Gasteiger charge is -2.22. The molecule has 0 aliphatic heterocycles. The van der Waals surface area contributed by atoms with Gasteiger partial charge < -0.3 is 30.4 Å². The molecular formula is C40H50N2O4. The van der Waals surface area contributed by atoms with Crippen molar-refractivity contribution in [2.45, 2.75) is 65.2 Å². The van der Waals surface area contributed by atoms with Gasteiger partial charge in [-0.2, -0.15) is 0 Å². The molecule has 1 aliphatic carbocycles. The molecule has 244 valence electrons. The number of hydrogen-bond acceptors (Lipinski definition) is 6. The van der Waals surface area contributed by atoms with Crippen LogP contribution >= 0.6 is 0 Å². The van der Waals surface area contributed by atoms with Gasteiger partial charge >= 0.3 is 0 Å². The summed E-state index contributed by atoms with van der Waals surface area (Å²) in [5.41, 5.74) is 20.9. The predicted octanol–water partition coefficient (Wildman–Crippen LogP) is 7.40. The summed E-state index contributed by atoms with van der Waals surface area (Å²) in [5, 5.41) is 0. The molecule has 5 rings (SSSR count). The Hall–Kier alpha value is -4.00. The van der Waals surface area contributed by atoms with Crippen LogP contribution in [-0.2, 0) is 25.7 Å². The van der Waals surface area contributed by atoms with Gasteiger partial charge in [0.1, 0.15) is 23.0 Å². The highest BCUT2D eigenvalue weighted by Crippen LogP contribution is 2.39. The number of rotatable bonds is 14. The van der Waals surface area contributed by atoms with E-state index in [0.29, 0.717) is 65.2 Å². The fourth-order valence-electron chi connectivity index (χ4n) is 6.15. The first-order valence-electron chi connectivity index (χ1n) is 17.0. The summed E-state index contributed by atoms with van der Waals surface area (Å²) in [4.78, 5) is 0. The zero-order chi connectivity index (χ0) is 32.1. The van der Waals surface area contributed by atoms with Gasteiger partial charge in [-0.3, -0.25) is 0 Å². The largest absolute Gasteiger partial charge is 0.493 e. The van der Waals surface area contributed by atoms with Gasteiger partial charge in [0.15, 0.2) is 0 Å². The molecule has 0 amide bonds. The summed E-state index contributed by atoms with van der Waals surface area (Å²) in [6.45, 7) is 7.91. The van der Waals surface area contributed by atoms with E-state index in [4.69, 9.17) is 30.4 Å². The molecule has 6 nitrogen and oxygen atoms in total. The lowest BCUT2D eigenvalue weighted by molar-refractivity contribution is 0.302. The first-order chi connectivity index (χ1) is 22.7. The van der Waals surface area contributed by atoms with Gasteiger partial charge in [-0.25, -0.2) is 0 Å². The van der Waals surface area contributed by atoms with Crippen molar-refractivity contribution < 1.29 is 18.9 Å². The van der Waals surface area contributed by atoms with Gasteiger partial charge in [0.05, 0.1) is 26.4 Å². The zero-order valence-electron chi connectivity index (χ0n) is 27.6. The maximum absolute atomic E-state index is 6.55. The topological polar surface area (TPSA) is 89.0 Å². The molecule has 1 aliphatic rings. The van der Waals surface area contributed by atoms with Gasteiger partial charge in [0.2, 0.25) is 0 Å². The predicted molar refractivity (Wildman–Crippen MR) is 187 cm³/mol. The summed E-state index contributed by atoms with van der Waals surface area (Å²) in [6, 6.07) is 26.0. The Balaban J connectivity index is 1.72. The van der Waals surface area contributed by atoms with E-state index in [1.54, 1.807) is 0 Å². The molecule has 0 spiro atoms. The first kappa shape index (κ1) is 33.4. The van der Waals surface area contributed by atoms with Crippen molar-refractivity contribution in [3.8, 4) is 23.0 Å². The van der Waals surface area contributed by atoms with E-state index >= 15 is 0 Å². The van der Waals surface area contributed by atoms with Crippen molar-refractivity contribution in [3.63, 3.8) is 0 Å². The molecular weight excluding hydrogens is 572 g/mol. The van der Waals surface area contributed by atoms with E-state index in [1.807, 2.05) is 0 Å². The Kier molecular flexibility index (Phi) is 12.4. The van der Waals surface area contributed by atoms with Crippen molar-refractivity contribution in [1.29, 1.82) is 0 Å². The van der Waals surface area contributed by atoms with Crippen LogP contribution in [0.2, 0.25) is 0 Å². The lowest BCUT2D eigenvalue weighted by Crippen LogP contribution is -2.11. The molecule has 4 aromatic rings. The molecule has 0 heterocycles. The summed E-state index contributed by atoms with van der Waals surface area (Å²) in [6.07, 6.45) is 6.22. The Morgan fingerprint density at radius 1 is 0.413 bits per heavy atom. The van der Waals surface area contributed by atoms with Gasteiger partial charge in [0.25, 0.3) is 0 Å². The molecule has 0 saturated heterocycles. The molecule has 0 fully saturated rings. The van der Waals surface area contributed by atoms with Crippen molar-refractivity contribution in [1.82, 2.24) is 0 Å². The smallest absolute Gasteiger partial charge is 0.126 e. The summed E-state index contributed by atoms with van der Waals surface area (Å²) in [5.74, 6) is 3.77. The Morgan fingerprint density at radius 3 is 0.870 bits per heavy atom. The second kappa shape index (κ2) is 17.1. The van der Waals surface area contributed by atoms with Gasteiger partial charge in [-0.05, 0) is 83.3 Å². The summed E-state index contributed by atoms with van der Waals surface area (Å²) in [7, 11) is 0. The van der Waals surface area contributed by atoms with Gasteiger partial charge in [0, 0.05) is 25.7 Å². The normalized spacial score (nSPS) is 12.4. The van der Waals surface area contributed by atoms with E-state index in [1.165, 1.54) is 0 Å². The van der Waals surface area contributed by atoms with Crippen LogP contribution in [0, 0.1) is 0 Å². The molecule has 46 heavy (non-hydrogen) atoms. The van der Waals surface area contributed by atoms with E-state index in [9.17, 15) is 0 Å². The maximum atomic E-state index is 6.55. The molecule has 0 unspecified atom stereocenters. The molecule has 6 heteroatoms. The van der Waals surface area contributed by atoms with Crippen molar-refractivity contribution in [2.75, 3.05) is 39.5 Å². The second-order valence-electron chi connectivity index (χ2n) is 12.0. The van der Waals surface area contributed by atoms with E-state index in [2.05, 4.69) is 86.6 Å². The van der Waals surface area contributed by atoms with Crippen LogP contribution in [0.1, 0.15) is 84.0 Å². The first-order valence-corrected chi connectivity index (χ1v) is 17.0. The third-order valence-corrected chi connectivity index (χ3v) is 8.33. The van der Waals surface area contributed by atoms with Crippen LogP contribution in [-0.4, -0.2) is 39.5 Å². The maximum Gasteiger partial charge on any atom is 0.126 e. The van der Waals surface area contributed by atoms with Crippen LogP contribution in [0.4, 0.5) is 0 Å². The van der Waals surface area contributed by atoms with Crippen LogP contribution in [0.3, 0.4) is 0 Å². The number of benzene rings is 4. The minimum Gasteiger partial charge on any atom is -0.493 e. The molecule has 0 atom stereocenters. The molecule has 4 aromatic carbocycles. The highest BCUT2D eigenvalue weighted by molar-refractivity contribution is 5.56. The van der Waals surface area contributed by atoms with Crippen LogP contribution in [0.15, 0.2) is 72.8 Å². The fourth-order valence-corrected chi connectivity index (χ4v) is 6.15. The lowest BCUT2D eigenvalue weighted by atomic mass is 9.91. The number of ether oxygens (including phenoxy) is 4. The Labute approximate surface area is 275 Å². The van der Waals surface area contributed by atoms with E-state index < -0.39 is 0 Å². The standard InChI is InChI=1S/C40H50N2O4/c1-3-21-43-37-29-11-5-12-30(37)26-34-16-8-18-36(40(34)46-24-10-20-42)28-32-14-6-13-31(38(32)44-22-4-2)27-35-17-7-15-33(25-29)39(35)45-23-9-19-41/h5-8,11-18H,3-4,9-10,19-28,41-42H2,1-2H3. The average Bonchev–Trinajstić information content (AvgIpc) is 3.06. The number of para-hydroxylation sites is 4. The average molecular weight is 623 g/mol. The number of hydrogen-bond donors (Lipinski definition) is 2. The van der Waals surface area contributed by atoms with Gasteiger partial charge in [-0.15, -0.1) is 0 Å². The van der Waals surface area contributed by atoms with Crippen molar-refractivity contribution in [2.24, 2.45) is 11.5 Å². The van der Waals surface area contributed by atoms with Crippen LogP contribution in [0.25, 0.3) is 0 Å². The monoisotopic (exact) mass is 622 g/mol. The quantitative estimate of drug-likeness (QED) is 0.126. The van der Waals surface area contributed by atoms with Crippen LogP contribution < -0.4 is 30.4 Å². The summed E-state index contributed by atoms with van der Waals surface area (Å²) >= 11 is 0.